The lowest BCUT2D eigenvalue weighted by Gasteiger charge is -2.32. The number of nitrogens with zero attached hydrogens (tertiary/aromatic N) is 3. The fourth-order valence-electron chi connectivity index (χ4n) is 3.77. The van der Waals surface area contributed by atoms with Crippen molar-refractivity contribution in [3.05, 3.63) is 59.9 Å². The number of benzene rings is 2. The molecule has 2 aromatic carbocycles. The number of aromatic nitrogens is 3. The molecule has 0 saturated carbocycles. The third kappa shape index (κ3) is 4.52. The first-order chi connectivity index (χ1) is 14.8. The first kappa shape index (κ1) is 21.2. The molecule has 1 atom stereocenters. The number of amides is 1. The summed E-state index contributed by atoms with van der Waals surface area (Å²) in [7, 11) is -3.65. The topological polar surface area (TPSA) is 108 Å². The Morgan fingerprint density at radius 2 is 1.97 bits per heavy atom. The van der Waals surface area contributed by atoms with Crippen molar-refractivity contribution in [1.29, 1.82) is 0 Å². The van der Waals surface area contributed by atoms with E-state index < -0.39 is 10.0 Å². The molecule has 1 aromatic heterocycles. The zero-order valence-electron chi connectivity index (χ0n) is 17.5. The highest BCUT2D eigenvalue weighted by atomic mass is 32.2. The van der Waals surface area contributed by atoms with Crippen LogP contribution in [0.1, 0.15) is 42.4 Å². The standard InChI is InChI=1S/C22H25N5O3S/c1-15-7-3-4-12-27(15)31(29,30)20-11-6-9-18(14-20)22(28)24-19-10-5-8-17(13-19)21-23-16(2)25-26-21/h5-6,8-11,13-15H,3-4,7,12H2,1-2H3,(H,24,28)(H,23,25,26). The minimum atomic E-state index is -3.65. The van der Waals surface area contributed by atoms with E-state index in [0.717, 1.165) is 24.8 Å². The first-order valence-corrected chi connectivity index (χ1v) is 11.7. The number of hydrogen-bond donors (Lipinski definition) is 2. The average Bonchev–Trinajstić information content (AvgIpc) is 3.20. The van der Waals surface area contributed by atoms with Crippen molar-refractivity contribution < 1.29 is 13.2 Å². The van der Waals surface area contributed by atoms with Gasteiger partial charge in [0.2, 0.25) is 10.0 Å². The maximum Gasteiger partial charge on any atom is 0.255 e. The molecule has 2 heterocycles. The van der Waals surface area contributed by atoms with Gasteiger partial charge >= 0.3 is 0 Å². The zero-order chi connectivity index (χ0) is 22.0. The molecule has 3 aromatic rings. The summed E-state index contributed by atoms with van der Waals surface area (Å²) in [4.78, 5) is 17.3. The molecule has 1 saturated heterocycles. The molecule has 0 radical (unpaired) electrons. The quantitative estimate of drug-likeness (QED) is 0.632. The fourth-order valence-corrected chi connectivity index (χ4v) is 5.52. The van der Waals surface area contributed by atoms with E-state index in [1.165, 1.54) is 10.4 Å². The summed E-state index contributed by atoms with van der Waals surface area (Å²) in [5.41, 5.74) is 1.62. The molecule has 31 heavy (non-hydrogen) atoms. The number of nitrogens with one attached hydrogen (secondary N) is 2. The lowest BCUT2D eigenvalue weighted by Crippen LogP contribution is -2.41. The Morgan fingerprint density at radius 1 is 1.16 bits per heavy atom. The summed E-state index contributed by atoms with van der Waals surface area (Å²) in [6, 6.07) is 13.3. The van der Waals surface area contributed by atoms with E-state index in [1.807, 2.05) is 19.9 Å². The Labute approximate surface area is 181 Å². The lowest BCUT2D eigenvalue weighted by molar-refractivity contribution is 0.102. The molecule has 1 amide bonds. The molecule has 1 fully saturated rings. The van der Waals surface area contributed by atoms with Gasteiger partial charge in [0.05, 0.1) is 4.90 Å². The van der Waals surface area contributed by atoms with Crippen LogP contribution in [0.3, 0.4) is 0 Å². The van der Waals surface area contributed by atoms with Gasteiger partial charge in [0.15, 0.2) is 5.82 Å². The Bertz CT molecular complexity index is 1210. The van der Waals surface area contributed by atoms with Crippen LogP contribution in [0.2, 0.25) is 0 Å². The van der Waals surface area contributed by atoms with E-state index in [-0.39, 0.29) is 22.4 Å². The van der Waals surface area contributed by atoms with Crippen LogP contribution < -0.4 is 5.32 Å². The number of rotatable bonds is 5. The SMILES string of the molecule is Cc1nc(-c2cccc(NC(=O)c3cccc(S(=O)(=O)N4CCCCC4C)c3)c2)n[nH]1. The molecule has 8 nitrogen and oxygen atoms in total. The Morgan fingerprint density at radius 3 is 2.71 bits per heavy atom. The molecular weight excluding hydrogens is 414 g/mol. The van der Waals surface area contributed by atoms with Crippen molar-refractivity contribution >= 4 is 21.6 Å². The lowest BCUT2D eigenvalue weighted by atomic mass is 10.1. The van der Waals surface area contributed by atoms with Gasteiger partial charge in [-0.15, -0.1) is 0 Å². The second kappa shape index (κ2) is 8.60. The van der Waals surface area contributed by atoms with Crippen molar-refractivity contribution in [2.24, 2.45) is 0 Å². The molecule has 0 bridgehead atoms. The minimum Gasteiger partial charge on any atom is -0.322 e. The number of carbonyl (C=O) groups excluding carboxylic acids is 1. The van der Waals surface area contributed by atoms with E-state index in [0.29, 0.717) is 23.9 Å². The monoisotopic (exact) mass is 439 g/mol. The summed E-state index contributed by atoms with van der Waals surface area (Å²) in [5.74, 6) is 0.856. The van der Waals surface area contributed by atoms with Gasteiger partial charge in [0.1, 0.15) is 5.82 Å². The van der Waals surface area contributed by atoms with Gasteiger partial charge in [0.25, 0.3) is 5.91 Å². The third-order valence-corrected chi connectivity index (χ3v) is 7.43. The molecule has 2 N–H and O–H groups in total. The van der Waals surface area contributed by atoms with E-state index in [2.05, 4.69) is 20.5 Å². The molecule has 0 spiro atoms. The highest BCUT2D eigenvalue weighted by Gasteiger charge is 2.31. The highest BCUT2D eigenvalue weighted by Crippen LogP contribution is 2.26. The number of aromatic amines is 1. The van der Waals surface area contributed by atoms with Crippen LogP contribution in [-0.4, -0.2) is 46.4 Å². The van der Waals surface area contributed by atoms with Gasteiger partial charge in [0, 0.05) is 29.4 Å². The number of sulfonamides is 1. The Balaban J connectivity index is 1.55. The number of piperidine rings is 1. The summed E-state index contributed by atoms with van der Waals surface area (Å²) in [5, 5.41) is 9.76. The summed E-state index contributed by atoms with van der Waals surface area (Å²) >= 11 is 0. The minimum absolute atomic E-state index is 0.0433. The number of carbonyl (C=O) groups is 1. The predicted octanol–water partition coefficient (Wildman–Crippen LogP) is 3.60. The zero-order valence-corrected chi connectivity index (χ0v) is 18.3. The van der Waals surface area contributed by atoms with Crippen molar-refractivity contribution in [3.8, 4) is 11.4 Å². The van der Waals surface area contributed by atoms with Gasteiger partial charge in [-0.25, -0.2) is 13.4 Å². The predicted molar refractivity (Wildman–Crippen MR) is 118 cm³/mol. The van der Waals surface area contributed by atoms with Crippen LogP contribution in [0.4, 0.5) is 5.69 Å². The number of hydrogen-bond acceptors (Lipinski definition) is 5. The van der Waals surface area contributed by atoms with Crippen molar-refractivity contribution in [2.75, 3.05) is 11.9 Å². The van der Waals surface area contributed by atoms with E-state index in [9.17, 15) is 13.2 Å². The summed E-state index contributed by atoms with van der Waals surface area (Å²) in [6.45, 7) is 4.25. The van der Waals surface area contributed by atoms with E-state index in [4.69, 9.17) is 0 Å². The van der Waals surface area contributed by atoms with Gasteiger partial charge in [-0.1, -0.05) is 24.6 Å². The second-order valence-corrected chi connectivity index (χ2v) is 9.66. The van der Waals surface area contributed by atoms with E-state index >= 15 is 0 Å². The normalized spacial score (nSPS) is 17.4. The van der Waals surface area contributed by atoms with Gasteiger partial charge in [-0.05, 0) is 57.0 Å². The van der Waals surface area contributed by atoms with Gasteiger partial charge in [-0.3, -0.25) is 9.89 Å². The molecule has 4 rings (SSSR count). The molecule has 162 valence electrons. The maximum atomic E-state index is 13.1. The van der Waals surface area contributed by atoms with Crippen LogP contribution in [0.25, 0.3) is 11.4 Å². The van der Waals surface area contributed by atoms with Gasteiger partial charge < -0.3 is 5.32 Å². The van der Waals surface area contributed by atoms with Crippen molar-refractivity contribution in [1.82, 2.24) is 19.5 Å². The van der Waals surface area contributed by atoms with Crippen molar-refractivity contribution in [2.45, 2.75) is 44.0 Å². The van der Waals surface area contributed by atoms with Crippen molar-refractivity contribution in [3.63, 3.8) is 0 Å². The van der Waals surface area contributed by atoms with Gasteiger partial charge in [-0.2, -0.15) is 9.40 Å². The second-order valence-electron chi connectivity index (χ2n) is 7.77. The van der Waals surface area contributed by atoms with Crippen LogP contribution in [0, 0.1) is 6.92 Å². The average molecular weight is 440 g/mol. The Kier molecular flexibility index (Phi) is 5.88. The molecule has 1 aliphatic heterocycles. The molecule has 1 aliphatic rings. The summed E-state index contributed by atoms with van der Waals surface area (Å²) in [6.07, 6.45) is 2.73. The first-order valence-electron chi connectivity index (χ1n) is 10.3. The Hall–Kier alpha value is -3.04. The van der Waals surface area contributed by atoms with Crippen LogP contribution >= 0.6 is 0 Å². The smallest absolute Gasteiger partial charge is 0.255 e. The molecular formula is C22H25N5O3S. The maximum absolute atomic E-state index is 13.1. The largest absolute Gasteiger partial charge is 0.322 e. The molecule has 1 unspecified atom stereocenters. The molecule has 9 heteroatoms. The third-order valence-electron chi connectivity index (χ3n) is 5.42. The van der Waals surface area contributed by atoms with E-state index in [1.54, 1.807) is 36.4 Å². The summed E-state index contributed by atoms with van der Waals surface area (Å²) < 4.78 is 27.8. The number of H-pyrrole nitrogens is 1. The fraction of sp³-hybridized carbons (Fsp3) is 0.318. The highest BCUT2D eigenvalue weighted by molar-refractivity contribution is 7.89. The molecule has 0 aliphatic carbocycles. The van der Waals surface area contributed by atoms with Crippen LogP contribution in [-0.2, 0) is 10.0 Å². The van der Waals surface area contributed by atoms with Crippen LogP contribution in [0.5, 0.6) is 0 Å². The van der Waals surface area contributed by atoms with Crippen LogP contribution in [0.15, 0.2) is 53.4 Å². The number of aryl methyl sites for hydroxylation is 1. The number of anilines is 1.